The van der Waals surface area contributed by atoms with Gasteiger partial charge in [-0.05, 0) is 55.6 Å². The molecule has 0 atom stereocenters. The molecule has 112 valence electrons. The number of unbranched alkanes of at least 4 members (excludes halogenated alkanes) is 2. The number of hydrogen-bond donors (Lipinski definition) is 0. The van der Waals surface area contributed by atoms with Crippen molar-refractivity contribution in [2.75, 3.05) is 0 Å². The molecule has 0 amide bonds. The van der Waals surface area contributed by atoms with Gasteiger partial charge in [0.1, 0.15) is 0 Å². The zero-order valence-electron chi connectivity index (χ0n) is 13.2. The standard InChI is InChI=1S/C20H27N/c1-2-3-4-5-17-6-8-18(9-7-17)10-11-19-12-14-20(16-21)15-13-19/h6-11,19-20H,2-5,12-15H2,1H3. The number of nitrogens with zero attached hydrogens (tertiary/aromatic N) is 1. The van der Waals surface area contributed by atoms with Gasteiger partial charge in [0.25, 0.3) is 0 Å². The second-order valence-corrected chi connectivity index (χ2v) is 6.30. The summed E-state index contributed by atoms with van der Waals surface area (Å²) in [5.74, 6) is 0.968. The Morgan fingerprint density at radius 3 is 2.43 bits per heavy atom. The van der Waals surface area contributed by atoms with Crippen molar-refractivity contribution in [2.24, 2.45) is 11.8 Å². The van der Waals surface area contributed by atoms with E-state index in [2.05, 4.69) is 49.4 Å². The maximum absolute atomic E-state index is 8.92. The van der Waals surface area contributed by atoms with E-state index < -0.39 is 0 Å². The topological polar surface area (TPSA) is 23.8 Å². The van der Waals surface area contributed by atoms with Crippen LogP contribution in [0.1, 0.15) is 63.0 Å². The van der Waals surface area contributed by atoms with E-state index in [1.807, 2.05) is 0 Å². The Bertz CT molecular complexity index is 470. The Morgan fingerprint density at radius 1 is 1.10 bits per heavy atom. The minimum absolute atomic E-state index is 0.303. The Morgan fingerprint density at radius 2 is 1.81 bits per heavy atom. The molecule has 1 aliphatic rings. The van der Waals surface area contributed by atoms with Crippen molar-refractivity contribution >= 4 is 6.08 Å². The first kappa shape index (κ1) is 15.8. The lowest BCUT2D eigenvalue weighted by atomic mass is 9.82. The molecule has 0 radical (unpaired) electrons. The van der Waals surface area contributed by atoms with E-state index in [1.54, 1.807) is 0 Å². The molecular weight excluding hydrogens is 254 g/mol. The average Bonchev–Trinajstić information content (AvgIpc) is 2.55. The number of aryl methyl sites for hydroxylation is 1. The first-order valence-corrected chi connectivity index (χ1v) is 8.48. The number of rotatable bonds is 6. The molecule has 21 heavy (non-hydrogen) atoms. The molecule has 1 aromatic rings. The van der Waals surface area contributed by atoms with E-state index in [1.165, 1.54) is 49.7 Å². The molecule has 1 aliphatic carbocycles. The van der Waals surface area contributed by atoms with Gasteiger partial charge in [-0.3, -0.25) is 0 Å². The van der Waals surface area contributed by atoms with E-state index in [9.17, 15) is 0 Å². The summed E-state index contributed by atoms with van der Waals surface area (Å²) in [4.78, 5) is 0. The molecule has 1 heteroatoms. The van der Waals surface area contributed by atoms with E-state index >= 15 is 0 Å². The van der Waals surface area contributed by atoms with Gasteiger partial charge in [-0.1, -0.05) is 56.2 Å². The molecule has 1 saturated carbocycles. The molecule has 0 aliphatic heterocycles. The van der Waals surface area contributed by atoms with Gasteiger partial charge in [0, 0.05) is 5.92 Å². The maximum Gasteiger partial charge on any atom is 0.0655 e. The molecule has 1 nitrogen and oxygen atoms in total. The third kappa shape index (κ3) is 5.38. The summed E-state index contributed by atoms with van der Waals surface area (Å²) in [5.41, 5.74) is 2.76. The van der Waals surface area contributed by atoms with Gasteiger partial charge >= 0.3 is 0 Å². The third-order valence-corrected chi connectivity index (χ3v) is 4.56. The molecule has 0 saturated heterocycles. The fraction of sp³-hybridized carbons (Fsp3) is 0.550. The van der Waals surface area contributed by atoms with Crippen molar-refractivity contribution in [1.29, 1.82) is 5.26 Å². The second-order valence-electron chi connectivity index (χ2n) is 6.30. The van der Waals surface area contributed by atoms with E-state index in [0.717, 1.165) is 12.8 Å². The van der Waals surface area contributed by atoms with Gasteiger partial charge in [0.05, 0.1) is 6.07 Å². The molecule has 1 fully saturated rings. The fourth-order valence-corrected chi connectivity index (χ4v) is 3.06. The van der Waals surface area contributed by atoms with Crippen molar-refractivity contribution in [1.82, 2.24) is 0 Å². The SMILES string of the molecule is CCCCCc1ccc(C=CC2CCC(C#N)CC2)cc1. The van der Waals surface area contributed by atoms with Gasteiger partial charge in [-0.15, -0.1) is 0 Å². The lowest BCUT2D eigenvalue weighted by Gasteiger charge is -2.21. The lowest BCUT2D eigenvalue weighted by molar-refractivity contribution is 0.363. The quantitative estimate of drug-likeness (QED) is 0.608. The van der Waals surface area contributed by atoms with Crippen LogP contribution in [0.2, 0.25) is 0 Å². The summed E-state index contributed by atoms with van der Waals surface area (Å²) in [6, 6.07) is 11.4. The van der Waals surface area contributed by atoms with Crippen LogP contribution >= 0.6 is 0 Å². The molecule has 0 bridgehead atoms. The Balaban J connectivity index is 1.80. The first-order valence-electron chi connectivity index (χ1n) is 8.48. The van der Waals surface area contributed by atoms with Crippen LogP contribution in [0, 0.1) is 23.2 Å². The molecule has 0 spiro atoms. The van der Waals surface area contributed by atoms with Crippen molar-refractivity contribution < 1.29 is 0 Å². The first-order chi connectivity index (χ1) is 10.3. The van der Waals surface area contributed by atoms with Crippen molar-refractivity contribution in [2.45, 2.75) is 58.3 Å². The lowest BCUT2D eigenvalue weighted by Crippen LogP contribution is -2.11. The highest BCUT2D eigenvalue weighted by Gasteiger charge is 2.18. The number of hydrogen-bond acceptors (Lipinski definition) is 1. The monoisotopic (exact) mass is 281 g/mol. The summed E-state index contributed by atoms with van der Waals surface area (Å²) < 4.78 is 0. The van der Waals surface area contributed by atoms with Crippen LogP contribution in [0.25, 0.3) is 6.08 Å². The van der Waals surface area contributed by atoms with Crippen LogP contribution < -0.4 is 0 Å². The van der Waals surface area contributed by atoms with Gasteiger partial charge < -0.3 is 0 Å². The molecule has 2 rings (SSSR count). The molecule has 1 aromatic carbocycles. The van der Waals surface area contributed by atoms with Crippen LogP contribution in [-0.2, 0) is 6.42 Å². The van der Waals surface area contributed by atoms with Crippen LogP contribution in [0.4, 0.5) is 0 Å². The number of nitriles is 1. The Hall–Kier alpha value is -1.55. The van der Waals surface area contributed by atoms with Gasteiger partial charge in [0.15, 0.2) is 0 Å². The van der Waals surface area contributed by atoms with Crippen molar-refractivity contribution in [3.63, 3.8) is 0 Å². The zero-order valence-corrected chi connectivity index (χ0v) is 13.2. The van der Waals surface area contributed by atoms with E-state index in [-0.39, 0.29) is 0 Å². The fourth-order valence-electron chi connectivity index (χ4n) is 3.06. The Labute approximate surface area is 129 Å². The largest absolute Gasteiger partial charge is 0.198 e. The highest BCUT2D eigenvalue weighted by molar-refractivity contribution is 5.50. The highest BCUT2D eigenvalue weighted by Crippen LogP contribution is 2.29. The van der Waals surface area contributed by atoms with Gasteiger partial charge in [0.2, 0.25) is 0 Å². The normalized spacial score (nSPS) is 22.3. The Kier molecular flexibility index (Phi) is 6.54. The predicted molar refractivity (Wildman–Crippen MR) is 89.8 cm³/mol. The van der Waals surface area contributed by atoms with Crippen LogP contribution in [-0.4, -0.2) is 0 Å². The number of benzene rings is 1. The summed E-state index contributed by atoms with van der Waals surface area (Å²) in [7, 11) is 0. The van der Waals surface area contributed by atoms with Crippen molar-refractivity contribution in [3.05, 3.63) is 41.5 Å². The predicted octanol–water partition coefficient (Wildman–Crippen LogP) is 5.76. The number of allylic oxidation sites excluding steroid dienone is 1. The minimum atomic E-state index is 0.303. The zero-order chi connectivity index (χ0) is 14.9. The summed E-state index contributed by atoms with van der Waals surface area (Å²) >= 11 is 0. The minimum Gasteiger partial charge on any atom is -0.198 e. The van der Waals surface area contributed by atoms with E-state index in [4.69, 9.17) is 5.26 Å². The maximum atomic E-state index is 8.92. The third-order valence-electron chi connectivity index (χ3n) is 4.56. The molecule has 0 N–H and O–H groups in total. The summed E-state index contributed by atoms with van der Waals surface area (Å²) in [6.07, 6.45) is 14.2. The second kappa shape index (κ2) is 8.67. The smallest absolute Gasteiger partial charge is 0.0655 e. The van der Waals surface area contributed by atoms with Crippen molar-refractivity contribution in [3.8, 4) is 6.07 Å². The van der Waals surface area contributed by atoms with Crippen LogP contribution in [0.5, 0.6) is 0 Å². The highest BCUT2D eigenvalue weighted by atomic mass is 14.3. The molecule has 0 aromatic heterocycles. The molecule has 0 unspecified atom stereocenters. The van der Waals surface area contributed by atoms with E-state index in [0.29, 0.717) is 11.8 Å². The molecule has 0 heterocycles. The van der Waals surface area contributed by atoms with Gasteiger partial charge in [-0.25, -0.2) is 0 Å². The van der Waals surface area contributed by atoms with Crippen LogP contribution in [0.3, 0.4) is 0 Å². The average molecular weight is 281 g/mol. The van der Waals surface area contributed by atoms with Gasteiger partial charge in [-0.2, -0.15) is 5.26 Å². The van der Waals surface area contributed by atoms with Crippen LogP contribution in [0.15, 0.2) is 30.3 Å². The summed E-state index contributed by atoms with van der Waals surface area (Å²) in [5, 5.41) is 8.92. The molecular formula is C20H27N. The summed E-state index contributed by atoms with van der Waals surface area (Å²) in [6.45, 7) is 2.25.